The molecule has 1 amide bonds. The number of halogens is 1. The van der Waals surface area contributed by atoms with Gasteiger partial charge in [-0.05, 0) is 42.8 Å². The van der Waals surface area contributed by atoms with Crippen LogP contribution in [0.2, 0.25) is 0 Å². The van der Waals surface area contributed by atoms with Crippen LogP contribution in [0.25, 0.3) is 5.69 Å². The highest BCUT2D eigenvalue weighted by atomic mass is 19.1. The normalized spacial score (nSPS) is 10.6. The molecular weight excluding hydrogens is 429 g/mol. The maximum absolute atomic E-state index is 13.3. The highest BCUT2D eigenvalue weighted by Gasteiger charge is 2.19. The molecule has 0 radical (unpaired) electrons. The maximum Gasteiger partial charge on any atom is 0.278 e. The number of nitro benzene ring substituents is 1. The molecule has 0 fully saturated rings. The number of hydrogen-bond donors (Lipinski definition) is 1. The zero-order valence-corrected chi connectivity index (χ0v) is 17.4. The molecule has 1 heterocycles. The first kappa shape index (κ1) is 21.6. The van der Waals surface area contributed by atoms with E-state index in [-0.39, 0.29) is 23.8 Å². The van der Waals surface area contributed by atoms with Crippen LogP contribution in [0.5, 0.6) is 5.75 Å². The number of ether oxygens (including phenoxy) is 1. The van der Waals surface area contributed by atoms with Gasteiger partial charge in [0.05, 0.1) is 16.3 Å². The molecule has 0 spiro atoms. The third kappa shape index (κ3) is 5.01. The summed E-state index contributed by atoms with van der Waals surface area (Å²) in [5, 5.41) is 21.7. The SMILES string of the molecule is Cc1c(C(=O)Nc2cccc(OCc3cccc(F)c3)c2)nnn1-c1cccc([N+](=O)[O-])c1. The number of rotatable bonds is 7. The minimum absolute atomic E-state index is 0.0765. The molecule has 4 aromatic rings. The van der Waals surface area contributed by atoms with Crippen LogP contribution in [-0.2, 0) is 6.61 Å². The lowest BCUT2D eigenvalue weighted by Gasteiger charge is -2.09. The van der Waals surface area contributed by atoms with Gasteiger partial charge in [-0.3, -0.25) is 14.9 Å². The second kappa shape index (κ2) is 9.27. The number of carbonyl (C=O) groups is 1. The average molecular weight is 447 g/mol. The summed E-state index contributed by atoms with van der Waals surface area (Å²) in [5.41, 5.74) is 1.97. The van der Waals surface area contributed by atoms with E-state index in [1.807, 2.05) is 0 Å². The minimum Gasteiger partial charge on any atom is -0.489 e. The fourth-order valence-corrected chi connectivity index (χ4v) is 3.17. The molecule has 166 valence electrons. The Morgan fingerprint density at radius 3 is 2.70 bits per heavy atom. The van der Waals surface area contributed by atoms with Crippen LogP contribution in [0.4, 0.5) is 15.8 Å². The summed E-state index contributed by atoms with van der Waals surface area (Å²) in [5.74, 6) is -0.342. The number of nitrogens with zero attached hydrogens (tertiary/aromatic N) is 4. The summed E-state index contributed by atoms with van der Waals surface area (Å²) < 4.78 is 20.4. The lowest BCUT2D eigenvalue weighted by molar-refractivity contribution is -0.384. The van der Waals surface area contributed by atoms with Gasteiger partial charge in [0.1, 0.15) is 18.2 Å². The van der Waals surface area contributed by atoms with Crippen molar-refractivity contribution in [3.05, 3.63) is 106 Å². The first-order chi connectivity index (χ1) is 15.9. The third-order valence-electron chi connectivity index (χ3n) is 4.78. The molecule has 0 saturated carbocycles. The quantitative estimate of drug-likeness (QED) is 0.331. The van der Waals surface area contributed by atoms with Crippen LogP contribution >= 0.6 is 0 Å². The molecule has 1 aromatic heterocycles. The molecule has 0 atom stereocenters. The Bertz CT molecular complexity index is 1340. The number of aromatic nitrogens is 3. The number of nitrogens with one attached hydrogen (secondary N) is 1. The summed E-state index contributed by atoms with van der Waals surface area (Å²) in [4.78, 5) is 23.3. The van der Waals surface area contributed by atoms with Crippen LogP contribution in [0.15, 0.2) is 72.8 Å². The highest BCUT2D eigenvalue weighted by molar-refractivity contribution is 6.03. The molecule has 0 bridgehead atoms. The van der Waals surface area contributed by atoms with Gasteiger partial charge in [0.2, 0.25) is 0 Å². The van der Waals surface area contributed by atoms with Crippen molar-refractivity contribution in [1.82, 2.24) is 15.0 Å². The third-order valence-corrected chi connectivity index (χ3v) is 4.78. The molecule has 0 unspecified atom stereocenters. The first-order valence-corrected chi connectivity index (χ1v) is 9.86. The van der Waals surface area contributed by atoms with Crippen molar-refractivity contribution >= 4 is 17.3 Å². The van der Waals surface area contributed by atoms with E-state index in [2.05, 4.69) is 15.6 Å². The van der Waals surface area contributed by atoms with Gasteiger partial charge in [-0.2, -0.15) is 0 Å². The number of benzene rings is 3. The predicted octanol–water partition coefficient (Wildman–Crippen LogP) is 4.45. The van der Waals surface area contributed by atoms with E-state index in [0.29, 0.717) is 28.4 Å². The van der Waals surface area contributed by atoms with Gasteiger partial charge >= 0.3 is 0 Å². The van der Waals surface area contributed by atoms with Crippen molar-refractivity contribution in [2.45, 2.75) is 13.5 Å². The molecule has 10 heteroatoms. The Morgan fingerprint density at radius 1 is 1.12 bits per heavy atom. The Balaban J connectivity index is 1.47. The van der Waals surface area contributed by atoms with Gasteiger partial charge in [-0.25, -0.2) is 9.07 Å². The molecule has 0 saturated heterocycles. The summed E-state index contributed by atoms with van der Waals surface area (Å²) in [6.07, 6.45) is 0. The van der Waals surface area contributed by atoms with E-state index in [0.717, 1.165) is 0 Å². The first-order valence-electron chi connectivity index (χ1n) is 9.86. The average Bonchev–Trinajstić information content (AvgIpc) is 3.19. The maximum atomic E-state index is 13.3. The fourth-order valence-electron chi connectivity index (χ4n) is 3.17. The largest absolute Gasteiger partial charge is 0.489 e. The predicted molar refractivity (Wildman–Crippen MR) is 118 cm³/mol. The van der Waals surface area contributed by atoms with Crippen LogP contribution in [0.1, 0.15) is 21.7 Å². The topological polar surface area (TPSA) is 112 Å². The lowest BCUT2D eigenvalue weighted by atomic mass is 10.2. The van der Waals surface area contributed by atoms with Crippen LogP contribution in [0, 0.1) is 22.9 Å². The number of non-ortho nitro benzene ring substituents is 1. The Hall–Kier alpha value is -4.60. The van der Waals surface area contributed by atoms with E-state index >= 15 is 0 Å². The van der Waals surface area contributed by atoms with Crippen molar-refractivity contribution < 1.29 is 18.8 Å². The summed E-state index contributed by atoms with van der Waals surface area (Å²) in [6, 6.07) is 18.7. The van der Waals surface area contributed by atoms with Gasteiger partial charge in [-0.1, -0.05) is 29.5 Å². The van der Waals surface area contributed by atoms with Crippen LogP contribution in [-0.4, -0.2) is 25.8 Å². The molecule has 0 aliphatic carbocycles. The van der Waals surface area contributed by atoms with Gasteiger partial charge in [0.15, 0.2) is 5.69 Å². The number of nitro groups is 1. The van der Waals surface area contributed by atoms with Crippen molar-refractivity contribution in [2.75, 3.05) is 5.32 Å². The number of amides is 1. The smallest absolute Gasteiger partial charge is 0.278 e. The molecule has 0 aliphatic heterocycles. The standard InChI is InChI=1S/C23H18FN5O4/c1-15-22(26-27-28(15)19-8-4-9-20(13-19)29(31)32)23(30)25-18-7-3-10-21(12-18)33-14-16-5-2-6-17(24)11-16/h2-13H,14H2,1H3,(H,25,30). The molecule has 3 aromatic carbocycles. The summed E-state index contributed by atoms with van der Waals surface area (Å²) in [7, 11) is 0. The second-order valence-corrected chi connectivity index (χ2v) is 7.11. The van der Waals surface area contributed by atoms with E-state index < -0.39 is 10.8 Å². The van der Waals surface area contributed by atoms with Crippen molar-refractivity contribution in [3.8, 4) is 11.4 Å². The van der Waals surface area contributed by atoms with Crippen molar-refractivity contribution in [3.63, 3.8) is 0 Å². The molecule has 4 rings (SSSR count). The number of hydrogen-bond acceptors (Lipinski definition) is 6. The van der Waals surface area contributed by atoms with Crippen LogP contribution < -0.4 is 10.1 Å². The summed E-state index contributed by atoms with van der Waals surface area (Å²) in [6.45, 7) is 1.82. The Kier molecular flexibility index (Phi) is 6.07. The zero-order valence-electron chi connectivity index (χ0n) is 17.4. The zero-order chi connectivity index (χ0) is 23.4. The van der Waals surface area contributed by atoms with Crippen molar-refractivity contribution in [1.29, 1.82) is 0 Å². The van der Waals surface area contributed by atoms with Gasteiger partial charge in [0, 0.05) is 23.9 Å². The Labute approximate surface area is 187 Å². The number of anilines is 1. The van der Waals surface area contributed by atoms with E-state index in [1.54, 1.807) is 49.4 Å². The Morgan fingerprint density at radius 2 is 1.91 bits per heavy atom. The van der Waals surface area contributed by atoms with Gasteiger partial charge in [0.25, 0.3) is 11.6 Å². The van der Waals surface area contributed by atoms with E-state index in [4.69, 9.17) is 4.74 Å². The minimum atomic E-state index is -0.507. The summed E-state index contributed by atoms with van der Waals surface area (Å²) >= 11 is 0. The highest BCUT2D eigenvalue weighted by Crippen LogP contribution is 2.21. The fraction of sp³-hybridized carbons (Fsp3) is 0.0870. The lowest BCUT2D eigenvalue weighted by Crippen LogP contribution is -2.14. The van der Waals surface area contributed by atoms with Crippen LogP contribution in [0.3, 0.4) is 0 Å². The van der Waals surface area contributed by atoms with E-state index in [9.17, 15) is 19.3 Å². The molecule has 9 nitrogen and oxygen atoms in total. The van der Waals surface area contributed by atoms with E-state index in [1.165, 1.54) is 35.0 Å². The molecule has 33 heavy (non-hydrogen) atoms. The van der Waals surface area contributed by atoms with Gasteiger partial charge in [-0.15, -0.1) is 5.10 Å². The molecular formula is C23H18FN5O4. The number of carbonyl (C=O) groups excluding carboxylic acids is 1. The molecule has 0 aliphatic rings. The molecule has 1 N–H and O–H groups in total. The monoisotopic (exact) mass is 447 g/mol. The second-order valence-electron chi connectivity index (χ2n) is 7.11. The van der Waals surface area contributed by atoms with Crippen molar-refractivity contribution in [2.24, 2.45) is 0 Å². The van der Waals surface area contributed by atoms with Gasteiger partial charge < -0.3 is 10.1 Å².